The van der Waals surface area contributed by atoms with Crippen LogP contribution in [0.1, 0.15) is 15.9 Å². The second kappa shape index (κ2) is 7.75. The summed E-state index contributed by atoms with van der Waals surface area (Å²) < 4.78 is 9.99. The Morgan fingerprint density at radius 2 is 2.22 bits per heavy atom. The van der Waals surface area contributed by atoms with Crippen molar-refractivity contribution in [3.8, 4) is 0 Å². The van der Waals surface area contributed by atoms with Crippen LogP contribution in [0, 0.1) is 10.1 Å². The lowest BCUT2D eigenvalue weighted by atomic mass is 10.1. The van der Waals surface area contributed by atoms with E-state index < -0.39 is 10.8 Å². The molecule has 0 radical (unpaired) electrons. The first-order valence-electron chi connectivity index (χ1n) is 6.76. The van der Waals surface area contributed by atoms with Crippen LogP contribution in [0.25, 0.3) is 0 Å². The van der Waals surface area contributed by atoms with Gasteiger partial charge in [0.1, 0.15) is 5.56 Å². The highest BCUT2D eigenvalue weighted by atomic mass is 35.5. The molecule has 23 heavy (non-hydrogen) atoms. The van der Waals surface area contributed by atoms with Crippen LogP contribution in [0.15, 0.2) is 41.2 Å². The molecule has 7 nitrogen and oxygen atoms in total. The third kappa shape index (κ3) is 4.30. The minimum absolute atomic E-state index is 0.0536. The van der Waals surface area contributed by atoms with Gasteiger partial charge >= 0.3 is 0 Å². The minimum atomic E-state index is -0.601. The highest BCUT2D eigenvalue weighted by molar-refractivity contribution is 6.31. The molecule has 0 bridgehead atoms. The van der Waals surface area contributed by atoms with Crippen molar-refractivity contribution in [2.24, 2.45) is 0 Å². The first kappa shape index (κ1) is 17.0. The predicted molar refractivity (Wildman–Crippen MR) is 83.4 cm³/mol. The summed E-state index contributed by atoms with van der Waals surface area (Å²) in [4.78, 5) is 24.7. The van der Waals surface area contributed by atoms with Gasteiger partial charge in [-0.05, 0) is 18.2 Å². The summed E-state index contributed by atoms with van der Waals surface area (Å²) in [7, 11) is 1.52. The molecule has 0 N–H and O–H groups in total. The summed E-state index contributed by atoms with van der Waals surface area (Å²) in [5.74, 6) is -0.488. The number of halogens is 1. The Hall–Kier alpha value is -2.38. The number of hydrogen-bond acceptors (Lipinski definition) is 5. The number of nitro benzene ring substituents is 1. The lowest BCUT2D eigenvalue weighted by molar-refractivity contribution is -0.385. The molecule has 1 aromatic heterocycles. The number of rotatable bonds is 7. The number of methoxy groups -OCH3 is 1. The molecule has 1 aromatic carbocycles. The van der Waals surface area contributed by atoms with Crippen LogP contribution in [0.4, 0.5) is 5.69 Å². The second-order valence-corrected chi connectivity index (χ2v) is 5.21. The summed E-state index contributed by atoms with van der Waals surface area (Å²) >= 11 is 5.88. The fourth-order valence-electron chi connectivity index (χ4n) is 2.07. The smallest absolute Gasteiger partial charge is 0.282 e. The molecule has 1 amide bonds. The van der Waals surface area contributed by atoms with Crippen LogP contribution in [-0.4, -0.2) is 36.0 Å². The van der Waals surface area contributed by atoms with Crippen molar-refractivity contribution in [1.82, 2.24) is 4.90 Å². The van der Waals surface area contributed by atoms with Crippen molar-refractivity contribution in [1.29, 1.82) is 0 Å². The maximum absolute atomic E-state index is 12.7. The van der Waals surface area contributed by atoms with Crippen LogP contribution < -0.4 is 0 Å². The third-order valence-corrected chi connectivity index (χ3v) is 3.43. The number of ether oxygens (including phenoxy) is 1. The average molecular weight is 339 g/mol. The maximum atomic E-state index is 12.7. The van der Waals surface area contributed by atoms with Crippen molar-refractivity contribution in [3.05, 3.63) is 63.1 Å². The zero-order chi connectivity index (χ0) is 16.8. The standard InChI is InChI=1S/C15H15ClN2O5/c1-22-7-5-17(9-11-4-6-23-10-11)15(19)13-8-12(16)2-3-14(13)18(20)21/h2-4,6,8,10H,5,7,9H2,1H3. The summed E-state index contributed by atoms with van der Waals surface area (Å²) in [5.41, 5.74) is 0.440. The molecule has 122 valence electrons. The molecular weight excluding hydrogens is 324 g/mol. The lowest BCUT2D eigenvalue weighted by Gasteiger charge is -2.21. The average Bonchev–Trinajstić information content (AvgIpc) is 3.03. The minimum Gasteiger partial charge on any atom is -0.472 e. The molecular formula is C15H15ClN2O5. The Kier molecular flexibility index (Phi) is 5.72. The second-order valence-electron chi connectivity index (χ2n) is 4.77. The molecule has 0 saturated carbocycles. The lowest BCUT2D eigenvalue weighted by Crippen LogP contribution is -2.33. The van der Waals surface area contributed by atoms with Gasteiger partial charge < -0.3 is 14.1 Å². The molecule has 0 aliphatic heterocycles. The van der Waals surface area contributed by atoms with E-state index in [1.54, 1.807) is 6.07 Å². The number of amides is 1. The van der Waals surface area contributed by atoms with Gasteiger partial charge in [-0.3, -0.25) is 14.9 Å². The zero-order valence-electron chi connectivity index (χ0n) is 12.4. The van der Waals surface area contributed by atoms with Crippen molar-refractivity contribution < 1.29 is 18.9 Å². The zero-order valence-corrected chi connectivity index (χ0v) is 13.2. The van der Waals surface area contributed by atoms with E-state index in [9.17, 15) is 14.9 Å². The van der Waals surface area contributed by atoms with E-state index in [1.165, 1.54) is 42.7 Å². The molecule has 0 fully saturated rings. The van der Waals surface area contributed by atoms with E-state index in [2.05, 4.69) is 0 Å². The van der Waals surface area contributed by atoms with Crippen molar-refractivity contribution in [2.75, 3.05) is 20.3 Å². The quantitative estimate of drug-likeness (QED) is 0.572. The Morgan fingerprint density at radius 1 is 1.43 bits per heavy atom. The molecule has 0 aliphatic carbocycles. The molecule has 0 aliphatic rings. The van der Waals surface area contributed by atoms with Crippen LogP contribution in [-0.2, 0) is 11.3 Å². The first-order chi connectivity index (χ1) is 11.0. The van der Waals surface area contributed by atoms with Gasteiger partial charge in [-0.25, -0.2) is 0 Å². The van der Waals surface area contributed by atoms with Crippen LogP contribution in [0.2, 0.25) is 5.02 Å². The molecule has 0 spiro atoms. The Balaban J connectivity index is 2.32. The molecule has 0 atom stereocenters. The van der Waals surface area contributed by atoms with E-state index in [0.29, 0.717) is 6.61 Å². The summed E-state index contributed by atoms with van der Waals surface area (Å²) in [6, 6.07) is 5.63. The molecule has 2 rings (SSSR count). The largest absolute Gasteiger partial charge is 0.472 e. The van der Waals surface area contributed by atoms with E-state index in [1.807, 2.05) is 0 Å². The van der Waals surface area contributed by atoms with E-state index in [0.717, 1.165) is 5.56 Å². The Labute approximate surface area is 137 Å². The maximum Gasteiger partial charge on any atom is 0.282 e. The van der Waals surface area contributed by atoms with Gasteiger partial charge in [0.15, 0.2) is 0 Å². The molecule has 0 saturated heterocycles. The number of benzene rings is 1. The number of nitrogens with zero attached hydrogens (tertiary/aromatic N) is 2. The highest BCUT2D eigenvalue weighted by Gasteiger charge is 2.25. The van der Waals surface area contributed by atoms with Crippen molar-refractivity contribution in [2.45, 2.75) is 6.54 Å². The fraction of sp³-hybridized carbons (Fsp3) is 0.267. The number of carbonyl (C=O) groups is 1. The number of hydrogen-bond donors (Lipinski definition) is 0. The van der Waals surface area contributed by atoms with E-state index >= 15 is 0 Å². The molecule has 0 unspecified atom stereocenters. The highest BCUT2D eigenvalue weighted by Crippen LogP contribution is 2.24. The molecule has 8 heteroatoms. The predicted octanol–water partition coefficient (Wildman–Crippen LogP) is 3.13. The Bertz CT molecular complexity index is 687. The fourth-order valence-corrected chi connectivity index (χ4v) is 2.24. The van der Waals surface area contributed by atoms with Crippen LogP contribution in [0.5, 0.6) is 0 Å². The number of carbonyl (C=O) groups excluding carboxylic acids is 1. The Morgan fingerprint density at radius 3 is 2.83 bits per heavy atom. The van der Waals surface area contributed by atoms with E-state index in [-0.39, 0.29) is 29.4 Å². The monoisotopic (exact) mass is 338 g/mol. The van der Waals surface area contributed by atoms with Gasteiger partial charge in [-0.15, -0.1) is 0 Å². The van der Waals surface area contributed by atoms with Crippen LogP contribution >= 0.6 is 11.6 Å². The SMILES string of the molecule is COCCN(Cc1ccoc1)C(=O)c1cc(Cl)ccc1[N+](=O)[O-]. The van der Waals surface area contributed by atoms with Crippen molar-refractivity contribution >= 4 is 23.2 Å². The third-order valence-electron chi connectivity index (χ3n) is 3.19. The summed E-state index contributed by atoms with van der Waals surface area (Å²) in [5, 5.41) is 11.4. The number of nitro groups is 1. The van der Waals surface area contributed by atoms with Gasteiger partial charge in [0, 0.05) is 36.9 Å². The van der Waals surface area contributed by atoms with Gasteiger partial charge in [0.2, 0.25) is 0 Å². The number of furan rings is 1. The van der Waals surface area contributed by atoms with Crippen molar-refractivity contribution in [3.63, 3.8) is 0 Å². The van der Waals surface area contributed by atoms with Gasteiger partial charge in [-0.2, -0.15) is 0 Å². The van der Waals surface area contributed by atoms with Gasteiger partial charge in [0.05, 0.1) is 24.1 Å². The molecule has 1 heterocycles. The summed E-state index contributed by atoms with van der Waals surface area (Å²) in [6.45, 7) is 0.838. The topological polar surface area (TPSA) is 85.8 Å². The van der Waals surface area contributed by atoms with Crippen LogP contribution in [0.3, 0.4) is 0 Å². The normalized spacial score (nSPS) is 10.5. The first-order valence-corrected chi connectivity index (χ1v) is 7.14. The van der Waals surface area contributed by atoms with Gasteiger partial charge in [-0.1, -0.05) is 11.6 Å². The molecule has 2 aromatic rings. The summed E-state index contributed by atoms with van der Waals surface area (Å²) in [6.07, 6.45) is 3.01. The van der Waals surface area contributed by atoms with E-state index in [4.69, 9.17) is 20.8 Å². The van der Waals surface area contributed by atoms with Gasteiger partial charge in [0.25, 0.3) is 11.6 Å².